The van der Waals surface area contributed by atoms with Crippen molar-refractivity contribution in [3.8, 4) is 5.75 Å². The number of ether oxygens (including phenoxy) is 1. The number of nitrogens with zero attached hydrogens (tertiary/aromatic N) is 2. The highest BCUT2D eigenvalue weighted by molar-refractivity contribution is 5.26. The molecule has 1 aromatic carbocycles. The van der Waals surface area contributed by atoms with Gasteiger partial charge in [-0.2, -0.15) is 0 Å². The molecule has 0 radical (unpaired) electrons. The van der Waals surface area contributed by atoms with Gasteiger partial charge in [-0.1, -0.05) is 24.1 Å². The number of aliphatic hydroxyl groups excluding tert-OH is 1. The Kier molecular flexibility index (Phi) is 5.30. The summed E-state index contributed by atoms with van der Waals surface area (Å²) in [7, 11) is 0. The Balaban J connectivity index is 1.17. The smallest absolute Gasteiger partial charge is 0.119 e. The van der Waals surface area contributed by atoms with Crippen LogP contribution in [0.15, 0.2) is 24.3 Å². The minimum atomic E-state index is -0.421. The lowest BCUT2D eigenvalue weighted by Crippen LogP contribution is -2.53. The van der Waals surface area contributed by atoms with Gasteiger partial charge in [0.25, 0.3) is 0 Å². The average molecular weight is 344 g/mol. The first-order chi connectivity index (χ1) is 12.2. The van der Waals surface area contributed by atoms with E-state index in [4.69, 9.17) is 4.74 Å². The summed E-state index contributed by atoms with van der Waals surface area (Å²) in [6.07, 6.45) is 5.45. The highest BCUT2D eigenvalue weighted by Crippen LogP contribution is 2.46. The Morgan fingerprint density at radius 2 is 1.84 bits per heavy atom. The average Bonchev–Trinajstić information content (AvgIpc) is 3.25. The fourth-order valence-corrected chi connectivity index (χ4v) is 5.11. The molecular formula is C21H32N2O2. The number of β-amino-alcohol motifs (C(OH)–C–C–N with tert-alkyl or cyclic N) is 1. The van der Waals surface area contributed by atoms with Crippen molar-refractivity contribution in [2.24, 2.45) is 11.8 Å². The largest absolute Gasteiger partial charge is 0.491 e. The van der Waals surface area contributed by atoms with Crippen molar-refractivity contribution in [1.29, 1.82) is 0 Å². The van der Waals surface area contributed by atoms with Crippen molar-refractivity contribution >= 4 is 0 Å². The van der Waals surface area contributed by atoms with Crippen molar-refractivity contribution < 1.29 is 9.84 Å². The lowest BCUT2D eigenvalue weighted by atomic mass is 9.93. The van der Waals surface area contributed by atoms with Gasteiger partial charge in [0.15, 0.2) is 0 Å². The maximum absolute atomic E-state index is 10.3. The molecule has 4 heteroatoms. The summed E-state index contributed by atoms with van der Waals surface area (Å²) in [6, 6.07) is 8.87. The Morgan fingerprint density at radius 1 is 1.08 bits per heavy atom. The molecule has 25 heavy (non-hydrogen) atoms. The van der Waals surface area contributed by atoms with E-state index in [-0.39, 0.29) is 0 Å². The predicted octanol–water partition coefficient (Wildman–Crippen LogP) is 2.54. The second-order valence-electron chi connectivity index (χ2n) is 8.36. The zero-order chi connectivity index (χ0) is 17.2. The van der Waals surface area contributed by atoms with E-state index in [0.717, 1.165) is 43.3 Å². The SMILES string of the molecule is Cc1ccc(OCC(O)CN2CCN(C3CC4CCC3C4)CC2)cc1. The van der Waals surface area contributed by atoms with E-state index in [9.17, 15) is 5.11 Å². The summed E-state index contributed by atoms with van der Waals surface area (Å²) in [5, 5.41) is 10.3. The summed E-state index contributed by atoms with van der Waals surface area (Å²) in [5.41, 5.74) is 1.22. The molecule has 0 spiro atoms. The molecule has 0 aromatic heterocycles. The van der Waals surface area contributed by atoms with Crippen LogP contribution in [0.25, 0.3) is 0 Å². The lowest BCUT2D eigenvalue weighted by molar-refractivity contribution is 0.0282. The van der Waals surface area contributed by atoms with Crippen LogP contribution in [0, 0.1) is 18.8 Å². The molecule has 0 amide bonds. The molecule has 4 unspecified atom stereocenters. The number of aryl methyl sites for hydroxylation is 1. The first-order valence-corrected chi connectivity index (χ1v) is 10.0. The molecule has 2 aliphatic carbocycles. The normalized spacial score (nSPS) is 31.4. The fourth-order valence-electron chi connectivity index (χ4n) is 5.11. The number of fused-ring (bicyclic) bond motifs is 2. The summed E-state index contributed by atoms with van der Waals surface area (Å²) in [4.78, 5) is 5.13. The first-order valence-electron chi connectivity index (χ1n) is 10.0. The molecule has 1 heterocycles. The molecule has 3 fully saturated rings. The third-order valence-corrected chi connectivity index (χ3v) is 6.51. The molecule has 4 rings (SSSR count). The molecule has 2 bridgehead atoms. The van der Waals surface area contributed by atoms with Crippen LogP contribution in [-0.4, -0.2) is 66.4 Å². The molecule has 3 aliphatic rings. The van der Waals surface area contributed by atoms with Crippen molar-refractivity contribution in [1.82, 2.24) is 9.80 Å². The summed E-state index contributed by atoms with van der Waals surface area (Å²) < 4.78 is 5.71. The van der Waals surface area contributed by atoms with Gasteiger partial charge < -0.3 is 9.84 Å². The van der Waals surface area contributed by atoms with Crippen molar-refractivity contribution in [2.45, 2.75) is 44.8 Å². The standard InChI is InChI=1S/C21H32N2O2/c1-16-2-6-20(7-3-16)25-15-19(24)14-22-8-10-23(11-9-22)21-13-17-4-5-18(21)12-17/h2-3,6-7,17-19,21,24H,4-5,8-15H2,1H3. The van der Waals surface area contributed by atoms with Crippen LogP contribution < -0.4 is 4.74 Å². The number of hydrogen-bond acceptors (Lipinski definition) is 4. The number of aliphatic hydroxyl groups is 1. The molecule has 4 atom stereocenters. The van der Waals surface area contributed by atoms with Gasteiger partial charge in [0.2, 0.25) is 0 Å². The van der Waals surface area contributed by atoms with Crippen molar-refractivity contribution in [3.05, 3.63) is 29.8 Å². The first kappa shape index (κ1) is 17.3. The van der Waals surface area contributed by atoms with Gasteiger partial charge in [-0.25, -0.2) is 0 Å². The van der Waals surface area contributed by atoms with Crippen LogP contribution in [0.5, 0.6) is 5.75 Å². The van der Waals surface area contributed by atoms with Crippen LogP contribution in [0.2, 0.25) is 0 Å². The maximum atomic E-state index is 10.3. The predicted molar refractivity (Wildman–Crippen MR) is 99.9 cm³/mol. The zero-order valence-corrected chi connectivity index (χ0v) is 15.4. The summed E-state index contributed by atoms with van der Waals surface area (Å²) in [6.45, 7) is 7.64. The number of piperazine rings is 1. The summed E-state index contributed by atoms with van der Waals surface area (Å²) in [5.74, 6) is 2.84. The molecule has 4 nitrogen and oxygen atoms in total. The molecule has 2 saturated carbocycles. The van der Waals surface area contributed by atoms with Gasteiger partial charge in [0.1, 0.15) is 18.5 Å². The minimum Gasteiger partial charge on any atom is -0.491 e. The van der Waals surface area contributed by atoms with E-state index < -0.39 is 6.10 Å². The summed E-state index contributed by atoms with van der Waals surface area (Å²) >= 11 is 0. The van der Waals surface area contributed by atoms with E-state index in [0.29, 0.717) is 6.61 Å². The lowest BCUT2D eigenvalue weighted by Gasteiger charge is -2.41. The van der Waals surface area contributed by atoms with Gasteiger partial charge >= 0.3 is 0 Å². The zero-order valence-electron chi connectivity index (χ0n) is 15.4. The molecule has 1 N–H and O–H groups in total. The number of hydrogen-bond donors (Lipinski definition) is 1. The Hall–Kier alpha value is -1.10. The highest BCUT2D eigenvalue weighted by Gasteiger charge is 2.42. The van der Waals surface area contributed by atoms with E-state index in [1.165, 1.54) is 44.3 Å². The molecule has 138 valence electrons. The second-order valence-corrected chi connectivity index (χ2v) is 8.36. The Morgan fingerprint density at radius 3 is 2.48 bits per heavy atom. The number of benzene rings is 1. The van der Waals surface area contributed by atoms with Crippen LogP contribution >= 0.6 is 0 Å². The van der Waals surface area contributed by atoms with E-state index in [2.05, 4.69) is 16.7 Å². The molecule has 1 saturated heterocycles. The molecular weight excluding hydrogens is 312 g/mol. The van der Waals surface area contributed by atoms with Gasteiger partial charge in [0, 0.05) is 38.8 Å². The second kappa shape index (κ2) is 7.65. The third kappa shape index (κ3) is 4.18. The number of rotatable bonds is 6. The topological polar surface area (TPSA) is 35.9 Å². The maximum Gasteiger partial charge on any atom is 0.119 e. The van der Waals surface area contributed by atoms with Gasteiger partial charge in [-0.3, -0.25) is 9.80 Å². The van der Waals surface area contributed by atoms with Crippen LogP contribution in [0.4, 0.5) is 0 Å². The van der Waals surface area contributed by atoms with Crippen molar-refractivity contribution in [2.75, 3.05) is 39.3 Å². The third-order valence-electron chi connectivity index (χ3n) is 6.51. The molecule has 1 aliphatic heterocycles. The highest BCUT2D eigenvalue weighted by atomic mass is 16.5. The van der Waals surface area contributed by atoms with Gasteiger partial charge in [0.05, 0.1) is 0 Å². The van der Waals surface area contributed by atoms with Crippen LogP contribution in [0.3, 0.4) is 0 Å². The van der Waals surface area contributed by atoms with E-state index in [1.807, 2.05) is 24.3 Å². The fraction of sp³-hybridized carbons (Fsp3) is 0.714. The van der Waals surface area contributed by atoms with Crippen LogP contribution in [0.1, 0.15) is 31.2 Å². The van der Waals surface area contributed by atoms with E-state index >= 15 is 0 Å². The van der Waals surface area contributed by atoms with Crippen molar-refractivity contribution in [3.63, 3.8) is 0 Å². The van der Waals surface area contributed by atoms with Gasteiger partial charge in [-0.05, 0) is 50.2 Å². The van der Waals surface area contributed by atoms with E-state index in [1.54, 1.807) is 0 Å². The monoisotopic (exact) mass is 344 g/mol. The minimum absolute atomic E-state index is 0.371. The Labute approximate surface area is 151 Å². The Bertz CT molecular complexity index is 554. The quantitative estimate of drug-likeness (QED) is 0.860. The molecule has 1 aromatic rings. The van der Waals surface area contributed by atoms with Gasteiger partial charge in [-0.15, -0.1) is 0 Å². The van der Waals surface area contributed by atoms with Crippen LogP contribution in [-0.2, 0) is 0 Å².